The van der Waals surface area contributed by atoms with E-state index in [-0.39, 0.29) is 11.9 Å². The quantitative estimate of drug-likeness (QED) is 0.796. The van der Waals surface area contributed by atoms with Gasteiger partial charge < -0.3 is 9.80 Å². The molecule has 1 heterocycles. The number of hydrogen-bond donors (Lipinski definition) is 0. The van der Waals surface area contributed by atoms with Crippen LogP contribution in [0.5, 0.6) is 0 Å². The maximum atomic E-state index is 12.3. The molecule has 0 radical (unpaired) electrons. The van der Waals surface area contributed by atoms with Crippen LogP contribution in [0.15, 0.2) is 24.3 Å². The van der Waals surface area contributed by atoms with Gasteiger partial charge in [-0.1, -0.05) is 0 Å². The lowest BCUT2D eigenvalue weighted by molar-refractivity contribution is 0.0765. The highest BCUT2D eigenvalue weighted by Crippen LogP contribution is 2.20. The van der Waals surface area contributed by atoms with Gasteiger partial charge in [-0.15, -0.1) is 0 Å². The molecule has 1 saturated heterocycles. The average Bonchev–Trinajstić information content (AvgIpc) is 2.86. The van der Waals surface area contributed by atoms with Gasteiger partial charge in [0.25, 0.3) is 5.91 Å². The van der Waals surface area contributed by atoms with Crippen LogP contribution in [0.1, 0.15) is 23.2 Å². The minimum Gasteiger partial charge on any atom is -0.378 e. The fraction of sp³-hybridized carbons (Fsp3) is 0.429. The molecule has 1 aliphatic rings. The van der Waals surface area contributed by atoms with E-state index in [1.807, 2.05) is 43.3 Å². The maximum Gasteiger partial charge on any atom is 0.254 e. The molecule has 0 N–H and O–H groups in total. The Bertz CT molecular complexity index is 473. The van der Waals surface area contributed by atoms with Crippen molar-refractivity contribution in [2.24, 2.45) is 0 Å². The molecule has 4 nitrogen and oxygen atoms in total. The number of likely N-dealkylation sites (tertiary alicyclic amines) is 1. The Labute approximate surface area is 107 Å². The predicted octanol–water partition coefficient (Wildman–Crippen LogP) is 1.88. The van der Waals surface area contributed by atoms with Gasteiger partial charge in [-0.3, -0.25) is 4.79 Å². The second-order valence-electron chi connectivity index (χ2n) is 4.73. The minimum atomic E-state index is -0.258. The molecule has 94 valence electrons. The first-order valence-electron chi connectivity index (χ1n) is 6.11. The molecule has 1 aliphatic heterocycles. The molecule has 0 bridgehead atoms. The highest BCUT2D eigenvalue weighted by atomic mass is 16.2. The summed E-state index contributed by atoms with van der Waals surface area (Å²) in [6.07, 6.45) is 1.71. The molecule has 1 amide bonds. The zero-order chi connectivity index (χ0) is 13.1. The molecular formula is C14H17N3O. The number of amides is 1. The second kappa shape index (κ2) is 5.09. The summed E-state index contributed by atoms with van der Waals surface area (Å²) in [6, 6.07) is 9.42. The number of anilines is 1. The van der Waals surface area contributed by atoms with Crippen LogP contribution in [-0.4, -0.2) is 37.5 Å². The predicted molar refractivity (Wildman–Crippen MR) is 70.4 cm³/mol. The van der Waals surface area contributed by atoms with Crippen molar-refractivity contribution in [2.75, 3.05) is 25.5 Å². The van der Waals surface area contributed by atoms with Crippen LogP contribution >= 0.6 is 0 Å². The minimum absolute atomic E-state index is 0.0376. The maximum absolute atomic E-state index is 12.3. The Balaban J connectivity index is 2.16. The molecular weight excluding hydrogens is 226 g/mol. The fourth-order valence-electron chi connectivity index (χ4n) is 2.21. The van der Waals surface area contributed by atoms with Gasteiger partial charge >= 0.3 is 0 Å². The van der Waals surface area contributed by atoms with Gasteiger partial charge in [-0.05, 0) is 37.1 Å². The molecule has 4 heteroatoms. The third-order valence-electron chi connectivity index (χ3n) is 3.29. The van der Waals surface area contributed by atoms with Crippen molar-refractivity contribution in [2.45, 2.75) is 18.9 Å². The van der Waals surface area contributed by atoms with Gasteiger partial charge in [0.15, 0.2) is 0 Å². The summed E-state index contributed by atoms with van der Waals surface area (Å²) in [6.45, 7) is 0.687. The Kier molecular flexibility index (Phi) is 3.52. The van der Waals surface area contributed by atoms with Gasteiger partial charge in [-0.25, -0.2) is 0 Å². The third-order valence-corrected chi connectivity index (χ3v) is 3.29. The summed E-state index contributed by atoms with van der Waals surface area (Å²) in [5.41, 5.74) is 1.72. The van der Waals surface area contributed by atoms with Crippen LogP contribution in [0, 0.1) is 11.3 Å². The number of hydrogen-bond acceptors (Lipinski definition) is 3. The summed E-state index contributed by atoms with van der Waals surface area (Å²) in [7, 11) is 3.92. The van der Waals surface area contributed by atoms with Crippen molar-refractivity contribution in [1.82, 2.24) is 4.90 Å². The normalized spacial score (nSPS) is 18.5. The molecule has 0 saturated carbocycles. The number of nitriles is 1. The molecule has 2 rings (SSSR count). The largest absolute Gasteiger partial charge is 0.378 e. The number of carbonyl (C=O) groups is 1. The van der Waals surface area contributed by atoms with E-state index in [9.17, 15) is 4.79 Å². The van der Waals surface area contributed by atoms with Crippen LogP contribution in [0.4, 0.5) is 5.69 Å². The Morgan fingerprint density at radius 1 is 1.39 bits per heavy atom. The Hall–Kier alpha value is -2.02. The van der Waals surface area contributed by atoms with E-state index in [2.05, 4.69) is 6.07 Å². The van der Waals surface area contributed by atoms with E-state index in [4.69, 9.17) is 5.26 Å². The SMILES string of the molecule is CN(C)c1ccc(C(=O)N2CCCC2C#N)cc1. The van der Waals surface area contributed by atoms with Crippen molar-refractivity contribution < 1.29 is 4.79 Å². The van der Waals surface area contributed by atoms with E-state index in [1.165, 1.54) is 0 Å². The zero-order valence-corrected chi connectivity index (χ0v) is 10.8. The number of rotatable bonds is 2. The highest BCUT2D eigenvalue weighted by Gasteiger charge is 2.29. The Morgan fingerprint density at radius 3 is 2.61 bits per heavy atom. The first-order chi connectivity index (χ1) is 8.63. The summed E-state index contributed by atoms with van der Waals surface area (Å²) < 4.78 is 0. The van der Waals surface area contributed by atoms with Crippen molar-refractivity contribution in [3.8, 4) is 6.07 Å². The highest BCUT2D eigenvalue weighted by molar-refractivity contribution is 5.95. The lowest BCUT2D eigenvalue weighted by Gasteiger charge is -2.20. The van der Waals surface area contributed by atoms with E-state index < -0.39 is 0 Å². The summed E-state index contributed by atoms with van der Waals surface area (Å²) in [5.74, 6) is -0.0376. The zero-order valence-electron chi connectivity index (χ0n) is 10.8. The van der Waals surface area contributed by atoms with E-state index in [0.29, 0.717) is 12.1 Å². The second-order valence-corrected chi connectivity index (χ2v) is 4.73. The summed E-state index contributed by atoms with van der Waals surface area (Å²) in [5, 5.41) is 9.00. The van der Waals surface area contributed by atoms with Crippen LogP contribution in [0.3, 0.4) is 0 Å². The number of benzene rings is 1. The molecule has 1 aromatic rings. The molecule has 1 aromatic carbocycles. The van der Waals surface area contributed by atoms with Crippen LogP contribution in [0.2, 0.25) is 0 Å². The van der Waals surface area contributed by atoms with Crippen LogP contribution in [-0.2, 0) is 0 Å². The topological polar surface area (TPSA) is 47.3 Å². The summed E-state index contributed by atoms with van der Waals surface area (Å²) >= 11 is 0. The first kappa shape index (κ1) is 12.4. The van der Waals surface area contributed by atoms with E-state index in [1.54, 1.807) is 4.90 Å². The van der Waals surface area contributed by atoms with Crippen molar-refractivity contribution in [3.05, 3.63) is 29.8 Å². The van der Waals surface area contributed by atoms with Gasteiger partial charge in [0, 0.05) is 31.9 Å². The average molecular weight is 243 g/mol. The fourth-order valence-corrected chi connectivity index (χ4v) is 2.21. The van der Waals surface area contributed by atoms with Crippen LogP contribution in [0.25, 0.3) is 0 Å². The third kappa shape index (κ3) is 2.30. The molecule has 1 fully saturated rings. The molecule has 0 aliphatic carbocycles. The van der Waals surface area contributed by atoms with Gasteiger partial charge in [0.05, 0.1) is 6.07 Å². The smallest absolute Gasteiger partial charge is 0.254 e. The Morgan fingerprint density at radius 2 is 2.06 bits per heavy atom. The first-order valence-corrected chi connectivity index (χ1v) is 6.11. The van der Waals surface area contributed by atoms with Crippen molar-refractivity contribution >= 4 is 11.6 Å². The van der Waals surface area contributed by atoms with Crippen molar-refractivity contribution in [3.63, 3.8) is 0 Å². The number of carbonyl (C=O) groups excluding carboxylic acids is 1. The molecule has 1 unspecified atom stereocenters. The standard InChI is InChI=1S/C14H17N3O/c1-16(2)12-7-5-11(6-8-12)14(18)17-9-3-4-13(17)10-15/h5-8,13H,3-4,9H2,1-2H3. The van der Waals surface area contributed by atoms with E-state index in [0.717, 1.165) is 18.5 Å². The van der Waals surface area contributed by atoms with Crippen molar-refractivity contribution in [1.29, 1.82) is 5.26 Å². The molecule has 0 spiro atoms. The molecule has 0 aromatic heterocycles. The number of nitrogens with zero attached hydrogens (tertiary/aromatic N) is 3. The molecule has 1 atom stereocenters. The van der Waals surface area contributed by atoms with Crippen LogP contribution < -0.4 is 4.90 Å². The lowest BCUT2D eigenvalue weighted by Crippen LogP contribution is -2.34. The summed E-state index contributed by atoms with van der Waals surface area (Å²) in [4.78, 5) is 15.9. The monoisotopic (exact) mass is 243 g/mol. The van der Waals surface area contributed by atoms with Gasteiger partial charge in [0.2, 0.25) is 0 Å². The van der Waals surface area contributed by atoms with Gasteiger partial charge in [0.1, 0.15) is 6.04 Å². The lowest BCUT2D eigenvalue weighted by atomic mass is 10.1. The van der Waals surface area contributed by atoms with Gasteiger partial charge in [-0.2, -0.15) is 5.26 Å². The van der Waals surface area contributed by atoms with E-state index >= 15 is 0 Å². The molecule has 18 heavy (non-hydrogen) atoms.